The average molecular weight is 249 g/mol. The van der Waals surface area contributed by atoms with Crippen LogP contribution in [0.1, 0.15) is 10.4 Å². The van der Waals surface area contributed by atoms with Crippen LogP contribution in [0.3, 0.4) is 0 Å². The third kappa shape index (κ3) is 2.28. The molecule has 19 heavy (non-hydrogen) atoms. The van der Waals surface area contributed by atoms with Gasteiger partial charge >= 0.3 is 0 Å². The molecule has 1 heterocycles. The first-order valence-electron chi connectivity index (χ1n) is 5.88. The van der Waals surface area contributed by atoms with E-state index in [1.165, 1.54) is 6.33 Å². The molecule has 0 bridgehead atoms. The van der Waals surface area contributed by atoms with Gasteiger partial charge in [0.05, 0.1) is 0 Å². The van der Waals surface area contributed by atoms with Crippen LogP contribution in [0, 0.1) is 0 Å². The van der Waals surface area contributed by atoms with Gasteiger partial charge in [0.25, 0.3) is 0 Å². The summed E-state index contributed by atoms with van der Waals surface area (Å²) in [5.41, 5.74) is 3.74. The van der Waals surface area contributed by atoms with Gasteiger partial charge in [-0.15, -0.1) is 0 Å². The van der Waals surface area contributed by atoms with E-state index < -0.39 is 0 Å². The summed E-state index contributed by atoms with van der Waals surface area (Å²) in [6.45, 7) is 0. The van der Waals surface area contributed by atoms with Crippen LogP contribution in [-0.4, -0.2) is 21.5 Å². The fourth-order valence-corrected chi connectivity index (χ4v) is 1.96. The standard InChI is InChI=1S/C15H11N3O/c19-9-11-2-1-3-14(8-11)12-4-6-13(7-5-12)15-16-10-17-18-15/h1-10H,(H,16,17,18). The number of hydrogen-bond donors (Lipinski definition) is 1. The predicted octanol–water partition coefficient (Wildman–Crippen LogP) is 2.95. The fourth-order valence-electron chi connectivity index (χ4n) is 1.96. The van der Waals surface area contributed by atoms with E-state index in [0.717, 1.165) is 28.8 Å². The van der Waals surface area contributed by atoms with E-state index in [9.17, 15) is 4.79 Å². The summed E-state index contributed by atoms with van der Waals surface area (Å²) in [5.74, 6) is 0.744. The molecule has 0 saturated carbocycles. The van der Waals surface area contributed by atoms with Crippen molar-refractivity contribution in [1.29, 1.82) is 0 Å². The van der Waals surface area contributed by atoms with Gasteiger partial charge in [0, 0.05) is 11.1 Å². The summed E-state index contributed by atoms with van der Waals surface area (Å²) >= 11 is 0. The normalized spacial score (nSPS) is 10.3. The highest BCUT2D eigenvalue weighted by atomic mass is 16.1. The summed E-state index contributed by atoms with van der Waals surface area (Å²) in [5, 5.41) is 6.65. The van der Waals surface area contributed by atoms with E-state index in [2.05, 4.69) is 15.2 Å². The Hall–Kier alpha value is -2.75. The molecule has 0 aliphatic carbocycles. The van der Waals surface area contributed by atoms with Crippen LogP contribution in [0.25, 0.3) is 22.5 Å². The maximum Gasteiger partial charge on any atom is 0.155 e. The van der Waals surface area contributed by atoms with Gasteiger partial charge in [-0.05, 0) is 17.2 Å². The highest BCUT2D eigenvalue weighted by molar-refractivity contribution is 5.79. The van der Waals surface area contributed by atoms with Crippen LogP contribution in [0.4, 0.5) is 0 Å². The van der Waals surface area contributed by atoms with Crippen LogP contribution >= 0.6 is 0 Å². The highest BCUT2D eigenvalue weighted by Crippen LogP contribution is 2.23. The number of nitrogens with zero attached hydrogens (tertiary/aromatic N) is 2. The first-order valence-corrected chi connectivity index (χ1v) is 5.88. The summed E-state index contributed by atoms with van der Waals surface area (Å²) in [6, 6.07) is 15.5. The molecule has 4 nitrogen and oxygen atoms in total. The van der Waals surface area contributed by atoms with Crippen molar-refractivity contribution in [2.24, 2.45) is 0 Å². The Kier molecular flexibility index (Phi) is 2.90. The maximum atomic E-state index is 10.8. The molecule has 0 atom stereocenters. The van der Waals surface area contributed by atoms with Gasteiger partial charge in [0.15, 0.2) is 5.82 Å². The molecule has 0 fully saturated rings. The number of carbonyl (C=O) groups excluding carboxylic acids is 1. The van der Waals surface area contributed by atoms with Crippen molar-refractivity contribution in [2.75, 3.05) is 0 Å². The van der Waals surface area contributed by atoms with E-state index in [4.69, 9.17) is 0 Å². The van der Waals surface area contributed by atoms with Gasteiger partial charge in [-0.2, -0.15) is 5.10 Å². The first-order chi connectivity index (χ1) is 9.36. The van der Waals surface area contributed by atoms with Gasteiger partial charge < -0.3 is 0 Å². The van der Waals surface area contributed by atoms with Crippen LogP contribution in [-0.2, 0) is 0 Å². The van der Waals surface area contributed by atoms with Crippen LogP contribution < -0.4 is 0 Å². The average Bonchev–Trinajstić information content (AvgIpc) is 3.02. The molecule has 0 saturated heterocycles. The molecule has 4 heteroatoms. The smallest absolute Gasteiger partial charge is 0.155 e. The van der Waals surface area contributed by atoms with Crippen LogP contribution in [0.2, 0.25) is 0 Å². The molecule has 0 spiro atoms. The van der Waals surface area contributed by atoms with E-state index in [1.54, 1.807) is 6.07 Å². The Labute approximate surface area is 110 Å². The second-order valence-electron chi connectivity index (χ2n) is 4.15. The molecule has 3 rings (SSSR count). The minimum absolute atomic E-state index is 0.678. The lowest BCUT2D eigenvalue weighted by Gasteiger charge is -2.03. The second-order valence-corrected chi connectivity index (χ2v) is 4.15. The molecule has 0 aliphatic rings. The molecule has 0 amide bonds. The third-order valence-electron chi connectivity index (χ3n) is 2.93. The van der Waals surface area contributed by atoms with Gasteiger partial charge in [0.2, 0.25) is 0 Å². The SMILES string of the molecule is O=Cc1cccc(-c2ccc(-c3ncn[nH]3)cc2)c1. The van der Waals surface area contributed by atoms with Gasteiger partial charge in [-0.25, -0.2) is 4.98 Å². The number of hydrogen-bond acceptors (Lipinski definition) is 3. The predicted molar refractivity (Wildman–Crippen MR) is 72.6 cm³/mol. The quantitative estimate of drug-likeness (QED) is 0.726. The van der Waals surface area contributed by atoms with Crippen molar-refractivity contribution in [2.45, 2.75) is 0 Å². The molecule has 0 unspecified atom stereocenters. The lowest BCUT2D eigenvalue weighted by molar-refractivity contribution is 0.112. The van der Waals surface area contributed by atoms with Crippen molar-refractivity contribution in [1.82, 2.24) is 15.2 Å². The van der Waals surface area contributed by atoms with E-state index in [1.807, 2.05) is 42.5 Å². The number of aldehydes is 1. The third-order valence-corrected chi connectivity index (χ3v) is 2.93. The van der Waals surface area contributed by atoms with Crippen molar-refractivity contribution >= 4 is 6.29 Å². The van der Waals surface area contributed by atoms with E-state index in [-0.39, 0.29) is 0 Å². The van der Waals surface area contributed by atoms with Crippen LogP contribution in [0.5, 0.6) is 0 Å². The summed E-state index contributed by atoms with van der Waals surface area (Å²) < 4.78 is 0. The van der Waals surface area contributed by atoms with Crippen molar-refractivity contribution in [3.8, 4) is 22.5 Å². The highest BCUT2D eigenvalue weighted by Gasteiger charge is 2.02. The Bertz CT molecular complexity index is 688. The number of H-pyrrole nitrogens is 1. The molecular formula is C15H11N3O. The number of carbonyl (C=O) groups is 1. The molecule has 1 aromatic heterocycles. The zero-order valence-corrected chi connectivity index (χ0v) is 10.1. The van der Waals surface area contributed by atoms with Crippen molar-refractivity contribution < 1.29 is 4.79 Å². The summed E-state index contributed by atoms with van der Waals surface area (Å²) in [4.78, 5) is 14.9. The Morgan fingerprint density at radius 3 is 2.42 bits per heavy atom. The van der Waals surface area contributed by atoms with E-state index >= 15 is 0 Å². The first kappa shape index (κ1) is 11.3. The monoisotopic (exact) mass is 249 g/mol. The Balaban J connectivity index is 1.96. The van der Waals surface area contributed by atoms with Gasteiger partial charge in [0.1, 0.15) is 12.6 Å². The van der Waals surface area contributed by atoms with Gasteiger partial charge in [-0.1, -0.05) is 42.5 Å². The maximum absolute atomic E-state index is 10.8. The van der Waals surface area contributed by atoms with Crippen molar-refractivity contribution in [3.05, 3.63) is 60.4 Å². The zero-order valence-electron chi connectivity index (χ0n) is 10.1. The fraction of sp³-hybridized carbons (Fsp3) is 0. The number of rotatable bonds is 3. The van der Waals surface area contributed by atoms with Crippen molar-refractivity contribution in [3.63, 3.8) is 0 Å². The zero-order chi connectivity index (χ0) is 13.1. The Morgan fingerprint density at radius 1 is 0.947 bits per heavy atom. The second kappa shape index (κ2) is 4.86. The molecule has 0 aliphatic heterocycles. The Morgan fingerprint density at radius 2 is 1.74 bits per heavy atom. The molecule has 1 N–H and O–H groups in total. The topological polar surface area (TPSA) is 58.6 Å². The number of aromatic nitrogens is 3. The largest absolute Gasteiger partial charge is 0.298 e. The molecule has 0 radical (unpaired) electrons. The number of benzene rings is 2. The van der Waals surface area contributed by atoms with Crippen LogP contribution in [0.15, 0.2) is 54.9 Å². The lowest BCUT2D eigenvalue weighted by Crippen LogP contribution is -1.84. The molecule has 3 aromatic rings. The number of nitrogens with one attached hydrogen (secondary N) is 1. The summed E-state index contributed by atoms with van der Waals surface area (Å²) in [6.07, 6.45) is 2.34. The molecule has 92 valence electrons. The minimum Gasteiger partial charge on any atom is -0.298 e. The minimum atomic E-state index is 0.678. The van der Waals surface area contributed by atoms with E-state index in [0.29, 0.717) is 5.56 Å². The lowest BCUT2D eigenvalue weighted by atomic mass is 10.0. The number of aromatic amines is 1. The van der Waals surface area contributed by atoms with Gasteiger partial charge in [-0.3, -0.25) is 9.89 Å². The molecular weight excluding hydrogens is 238 g/mol. The summed E-state index contributed by atoms with van der Waals surface area (Å²) in [7, 11) is 0. The molecule has 2 aromatic carbocycles.